The average molecular weight is 1490 g/mol. The number of phosphoric acid groups is 4. The van der Waals surface area contributed by atoms with E-state index in [1.807, 2.05) is 0 Å². The van der Waals surface area contributed by atoms with Gasteiger partial charge in [-0.2, -0.15) is 4.98 Å². The number of hydrogen-bond acceptors (Lipinski definition) is 33. The largest absolute Gasteiger partial charge is 0.472 e. The van der Waals surface area contributed by atoms with Crippen molar-refractivity contribution < 1.29 is 108 Å². The molecule has 544 valence electrons. The number of H-pyrrole nitrogens is 4. The van der Waals surface area contributed by atoms with E-state index in [-0.39, 0.29) is 70.0 Å². The number of nitrogens with two attached hydrogens (primary N) is 2. The average Bonchev–Trinajstić information content (AvgIpc) is 1.63. The Labute approximate surface area is 556 Å². The third-order valence-corrected chi connectivity index (χ3v) is 20.7. The molecule has 14 N–H and O–H groups in total. The van der Waals surface area contributed by atoms with E-state index < -0.39 is 209 Å². The molecule has 0 spiro atoms. The van der Waals surface area contributed by atoms with Gasteiger partial charge in [-0.1, -0.05) is 0 Å². The fourth-order valence-electron chi connectivity index (χ4n) is 11.7. The number of rotatable bonds is 26. The molecule has 7 aromatic heterocycles. The number of phosphoric ester groups is 4. The van der Waals surface area contributed by atoms with Crippen LogP contribution in [0.1, 0.15) is 79.9 Å². The summed E-state index contributed by atoms with van der Waals surface area (Å²) in [5, 5.41) is 20.9. The second kappa shape index (κ2) is 28.5. The van der Waals surface area contributed by atoms with Crippen LogP contribution in [-0.4, -0.2) is 192 Å². The quantitative estimate of drug-likeness (QED) is 0.0249. The van der Waals surface area contributed by atoms with Crippen LogP contribution < -0.4 is 50.8 Å². The summed E-state index contributed by atoms with van der Waals surface area (Å²) in [4.78, 5) is 162. The number of aromatic amines is 4. The molecule has 0 radical (unpaired) electrons. The number of hydrogen-bond donors (Lipinski definition) is 12. The standard InChI is InChI=1S/C50H64N16O30P4/c1-20-9-62(48(73)59-43(20)69)33-4-23(68)29(89-33)13-84-97(76,77)95-26-7-36(65-18-55-38-40(51)53-17-54-41(38)65)91-31(26)15-86-100(82,83)96-27-8-37(66-19-56-39-42(66)57-47(52)58-46(39)72)92-32(27)16-87-99(80,81)94-25-6-35(64-11-22(3)45(71)61-50(64)75)90-30(25)14-85-98(78,79)93-24-5-34(88-28(24)12-67)63-10-21(2)44(70)60-49(63)74/h9-11,17-19,23-37,67-68H,4-8,12-16H2,1-3H3,(H,76,77)(H,78,79)(H,80,81)(H,82,83)(H2,51,53,54)(H,59,69,73)(H,60,70,74)(H,61,71,75)(H3,52,57,58,72)/t23-,24-,25-,26-,27-,28+,29+,30+,31+,32+,33+,34+,35+,36+,37+/m0/s1. The van der Waals surface area contributed by atoms with Crippen LogP contribution in [-0.2, 0) is 78.1 Å². The van der Waals surface area contributed by atoms with Crippen molar-refractivity contribution in [2.45, 2.75) is 145 Å². The summed E-state index contributed by atoms with van der Waals surface area (Å²) in [7, 11) is -21.6. The molecule has 0 saturated carbocycles. The van der Waals surface area contributed by atoms with Crippen molar-refractivity contribution in [3.8, 4) is 0 Å². The smallest absolute Gasteiger partial charge is 0.394 e. The Balaban J connectivity index is 0.750. The molecule has 12 rings (SSSR count). The molecule has 100 heavy (non-hydrogen) atoms. The van der Waals surface area contributed by atoms with Gasteiger partial charge < -0.3 is 64.9 Å². The van der Waals surface area contributed by atoms with Crippen molar-refractivity contribution in [2.24, 2.45) is 0 Å². The summed E-state index contributed by atoms with van der Waals surface area (Å²) in [6.07, 6.45) is -16.9. The van der Waals surface area contributed by atoms with E-state index >= 15 is 0 Å². The number of nitrogens with one attached hydrogen (secondary N) is 4. The molecular weight excluding hydrogens is 1430 g/mol. The minimum absolute atomic E-state index is 0.00505. The van der Waals surface area contributed by atoms with Gasteiger partial charge in [-0.05, 0) is 20.8 Å². The lowest BCUT2D eigenvalue weighted by molar-refractivity contribution is -0.0640. The number of anilines is 2. The van der Waals surface area contributed by atoms with E-state index in [0.717, 1.165) is 32.6 Å². The zero-order valence-electron chi connectivity index (χ0n) is 52.1. The van der Waals surface area contributed by atoms with Crippen LogP contribution in [0.2, 0.25) is 0 Å². The van der Waals surface area contributed by atoms with Gasteiger partial charge in [0.1, 0.15) is 97.9 Å². The third kappa shape index (κ3) is 15.8. The SMILES string of the molecule is Cc1cn([C@H]2C[C@H](OP(=O)(O)OC[C@H]3O[C@@H](n4cc(C)c(=O)[nH]c4=O)C[C@@H]3OP(=O)(O)OC[C@H]3O[C@@H](n4cnc5c(=O)[nH]c(N)nc54)C[C@@H]3OP(=O)(O)OC[C@H]3O[C@@H](n4cnc5c(N)ncnc54)C[C@@H]3OP(=O)(O)OC[C@H]3O[C@@H](n4cc(C)c(=O)[nH]c4=O)C[C@@H]3O)[C@@H](CO)O2)c(=O)[nH]c1=O. The molecule has 0 amide bonds. The number of ether oxygens (including phenoxy) is 5. The fraction of sp³-hybridized carbons (Fsp3) is 0.560. The normalized spacial score (nSPS) is 29.5. The Hall–Kier alpha value is -7.30. The van der Waals surface area contributed by atoms with E-state index in [1.54, 1.807) is 0 Å². The Morgan fingerprint density at radius 3 is 1.24 bits per heavy atom. The molecule has 5 saturated heterocycles. The van der Waals surface area contributed by atoms with Crippen molar-refractivity contribution in [1.82, 2.24) is 67.7 Å². The summed E-state index contributed by atoms with van der Waals surface area (Å²) in [6.45, 7) is -0.519. The van der Waals surface area contributed by atoms with Gasteiger partial charge in [0.25, 0.3) is 22.2 Å². The zero-order valence-corrected chi connectivity index (χ0v) is 55.7. The Bertz CT molecular complexity index is 4900. The number of imidazole rings is 2. The summed E-state index contributed by atoms with van der Waals surface area (Å²) in [5.74, 6) is -0.401. The van der Waals surface area contributed by atoms with Gasteiger partial charge in [0.05, 0.1) is 51.8 Å². The second-order valence-corrected chi connectivity index (χ2v) is 29.1. The number of aromatic nitrogens is 14. The Kier molecular flexibility index (Phi) is 20.7. The van der Waals surface area contributed by atoms with E-state index in [4.69, 9.17) is 71.3 Å². The van der Waals surface area contributed by atoms with Crippen LogP contribution in [0, 0.1) is 20.8 Å². The Morgan fingerprint density at radius 2 is 0.820 bits per heavy atom. The van der Waals surface area contributed by atoms with Gasteiger partial charge in [0, 0.05) is 67.4 Å². The fourth-order valence-corrected chi connectivity index (χ4v) is 15.5. The van der Waals surface area contributed by atoms with Crippen LogP contribution in [0.4, 0.5) is 11.8 Å². The number of aliphatic hydroxyl groups excluding tert-OH is 2. The number of aliphatic hydroxyl groups is 2. The summed E-state index contributed by atoms with van der Waals surface area (Å²) in [6, 6.07) is 0. The summed E-state index contributed by atoms with van der Waals surface area (Å²) in [5.41, 5.74) is 6.26. The first-order chi connectivity index (χ1) is 47.2. The van der Waals surface area contributed by atoms with Gasteiger partial charge in [-0.15, -0.1) is 0 Å². The van der Waals surface area contributed by atoms with Crippen LogP contribution in [0.3, 0.4) is 0 Å². The predicted octanol–water partition coefficient (Wildman–Crippen LogP) is -2.50. The molecule has 50 heteroatoms. The van der Waals surface area contributed by atoms with Crippen LogP contribution >= 0.6 is 31.3 Å². The molecular formula is C50H64N16O30P4. The van der Waals surface area contributed by atoms with Crippen molar-refractivity contribution in [3.05, 3.63) is 127 Å². The van der Waals surface area contributed by atoms with E-state index in [9.17, 15) is 81.6 Å². The van der Waals surface area contributed by atoms with Crippen molar-refractivity contribution >= 4 is 65.4 Å². The molecule has 5 aliphatic heterocycles. The first-order valence-electron chi connectivity index (χ1n) is 30.0. The summed E-state index contributed by atoms with van der Waals surface area (Å²) < 4.78 is 135. The van der Waals surface area contributed by atoms with Gasteiger partial charge in [-0.25, -0.2) is 52.6 Å². The minimum Gasteiger partial charge on any atom is -0.394 e. The highest BCUT2D eigenvalue weighted by molar-refractivity contribution is 7.48. The third-order valence-electron chi connectivity index (χ3n) is 16.6. The maximum atomic E-state index is 14.3. The Morgan fingerprint density at radius 1 is 0.470 bits per heavy atom. The van der Waals surface area contributed by atoms with Crippen LogP contribution in [0.15, 0.2) is 71.1 Å². The highest BCUT2D eigenvalue weighted by Crippen LogP contribution is 2.55. The highest BCUT2D eigenvalue weighted by atomic mass is 31.2. The lowest BCUT2D eigenvalue weighted by Crippen LogP contribution is -2.33. The first-order valence-corrected chi connectivity index (χ1v) is 36.0. The molecule has 7 aromatic rings. The maximum absolute atomic E-state index is 14.3. The van der Waals surface area contributed by atoms with E-state index in [0.29, 0.717) is 0 Å². The second-order valence-electron chi connectivity index (χ2n) is 23.5. The van der Waals surface area contributed by atoms with Gasteiger partial charge >= 0.3 is 48.4 Å². The van der Waals surface area contributed by atoms with Gasteiger partial charge in [0.2, 0.25) is 5.95 Å². The molecule has 19 atom stereocenters. The minimum atomic E-state index is -5.55. The summed E-state index contributed by atoms with van der Waals surface area (Å²) >= 11 is 0. The van der Waals surface area contributed by atoms with E-state index in [2.05, 4.69) is 44.9 Å². The molecule has 5 aliphatic rings. The van der Waals surface area contributed by atoms with E-state index in [1.165, 1.54) is 48.6 Å². The topological polar surface area (TPSA) is 633 Å². The molecule has 5 fully saturated rings. The number of nitrogen functional groups attached to an aromatic ring is 2. The maximum Gasteiger partial charge on any atom is 0.472 e. The lowest BCUT2D eigenvalue weighted by atomic mass is 10.2. The monoisotopic (exact) mass is 1490 g/mol. The highest BCUT2D eigenvalue weighted by Gasteiger charge is 2.50. The van der Waals surface area contributed by atoms with Gasteiger partial charge in [0.15, 0.2) is 22.6 Å². The lowest BCUT2D eigenvalue weighted by Gasteiger charge is -2.25. The molecule has 46 nitrogen and oxygen atoms in total. The number of nitrogens with zero attached hydrogens (tertiary/aromatic N) is 10. The first kappa shape index (κ1) is 72.5. The van der Waals surface area contributed by atoms with Crippen LogP contribution in [0.25, 0.3) is 22.3 Å². The van der Waals surface area contributed by atoms with Crippen molar-refractivity contribution in [1.29, 1.82) is 0 Å². The van der Waals surface area contributed by atoms with Crippen LogP contribution in [0.5, 0.6) is 0 Å². The van der Waals surface area contributed by atoms with Crippen molar-refractivity contribution in [3.63, 3.8) is 0 Å². The molecule has 0 bridgehead atoms. The zero-order chi connectivity index (χ0) is 71.7. The predicted molar refractivity (Wildman–Crippen MR) is 329 cm³/mol. The van der Waals surface area contributed by atoms with Gasteiger partial charge in [-0.3, -0.25) is 98.1 Å². The number of fused-ring (bicyclic) bond motifs is 2. The molecule has 12 heterocycles. The molecule has 0 aliphatic carbocycles. The molecule has 4 unspecified atom stereocenters. The number of aryl methyl sites for hydroxylation is 3. The molecule has 0 aromatic carbocycles. The van der Waals surface area contributed by atoms with Crippen molar-refractivity contribution in [2.75, 3.05) is 44.5 Å².